The standard InChI is InChI=1S/C19H20N2O2/c22-17-6-7-18-15(11-17)10-16-13-20(8-9-21(16)19(18)23)12-14-4-2-1-3-5-14/h1-7,11,16,22H,8-10,12-13H2/t16-/m1/s1. The molecule has 0 bridgehead atoms. The van der Waals surface area contributed by atoms with Gasteiger partial charge >= 0.3 is 0 Å². The molecule has 1 fully saturated rings. The fraction of sp³-hybridized carbons (Fsp3) is 0.316. The highest BCUT2D eigenvalue weighted by molar-refractivity contribution is 5.97. The van der Waals surface area contributed by atoms with E-state index < -0.39 is 0 Å². The Morgan fingerprint density at radius 1 is 1.09 bits per heavy atom. The number of nitrogens with zero attached hydrogens (tertiary/aromatic N) is 2. The highest BCUT2D eigenvalue weighted by Gasteiger charge is 2.36. The molecule has 2 heterocycles. The van der Waals surface area contributed by atoms with E-state index in [0.717, 1.165) is 43.7 Å². The number of aromatic hydroxyl groups is 1. The zero-order chi connectivity index (χ0) is 15.8. The average molecular weight is 308 g/mol. The molecule has 1 N–H and O–H groups in total. The predicted octanol–water partition coefficient (Wildman–Crippen LogP) is 2.27. The minimum atomic E-state index is 0.107. The first kappa shape index (κ1) is 14.3. The van der Waals surface area contributed by atoms with E-state index in [1.807, 2.05) is 11.0 Å². The zero-order valence-electron chi connectivity index (χ0n) is 13.0. The summed E-state index contributed by atoms with van der Waals surface area (Å²) in [5.74, 6) is 0.345. The van der Waals surface area contributed by atoms with E-state index in [4.69, 9.17) is 0 Å². The maximum atomic E-state index is 12.7. The molecule has 23 heavy (non-hydrogen) atoms. The van der Waals surface area contributed by atoms with Crippen molar-refractivity contribution >= 4 is 5.91 Å². The van der Waals surface area contributed by atoms with Crippen molar-refractivity contribution in [3.63, 3.8) is 0 Å². The van der Waals surface area contributed by atoms with E-state index in [1.165, 1.54) is 5.56 Å². The molecular weight excluding hydrogens is 288 g/mol. The lowest BCUT2D eigenvalue weighted by Gasteiger charge is -2.44. The van der Waals surface area contributed by atoms with E-state index in [2.05, 4.69) is 29.2 Å². The van der Waals surface area contributed by atoms with Crippen molar-refractivity contribution in [2.75, 3.05) is 19.6 Å². The minimum Gasteiger partial charge on any atom is -0.508 e. The summed E-state index contributed by atoms with van der Waals surface area (Å²) in [5.41, 5.74) is 3.02. The van der Waals surface area contributed by atoms with Gasteiger partial charge in [-0.3, -0.25) is 9.69 Å². The highest BCUT2D eigenvalue weighted by Crippen LogP contribution is 2.28. The van der Waals surface area contributed by atoms with Gasteiger partial charge in [-0.2, -0.15) is 0 Å². The normalized spacial score (nSPS) is 21.0. The number of carbonyl (C=O) groups excluding carboxylic acids is 1. The molecule has 2 aromatic rings. The van der Waals surface area contributed by atoms with Gasteiger partial charge in [0.15, 0.2) is 0 Å². The molecule has 4 heteroatoms. The van der Waals surface area contributed by atoms with Crippen LogP contribution in [0.5, 0.6) is 5.75 Å². The van der Waals surface area contributed by atoms with Crippen LogP contribution >= 0.6 is 0 Å². The lowest BCUT2D eigenvalue weighted by Crippen LogP contribution is -2.57. The maximum absolute atomic E-state index is 12.7. The highest BCUT2D eigenvalue weighted by atomic mass is 16.3. The molecule has 0 aliphatic carbocycles. The number of amides is 1. The van der Waals surface area contributed by atoms with Gasteiger partial charge in [0.25, 0.3) is 5.91 Å². The summed E-state index contributed by atoms with van der Waals surface area (Å²) < 4.78 is 0. The van der Waals surface area contributed by atoms with Gasteiger partial charge in [0, 0.05) is 37.8 Å². The molecule has 0 radical (unpaired) electrons. The Morgan fingerprint density at radius 3 is 2.74 bits per heavy atom. The van der Waals surface area contributed by atoms with Crippen molar-refractivity contribution in [3.8, 4) is 5.75 Å². The lowest BCUT2D eigenvalue weighted by molar-refractivity contribution is 0.0401. The number of fused-ring (bicyclic) bond motifs is 2. The Kier molecular flexibility index (Phi) is 3.54. The van der Waals surface area contributed by atoms with Crippen molar-refractivity contribution in [1.29, 1.82) is 0 Å². The summed E-state index contributed by atoms with van der Waals surface area (Å²) in [6.07, 6.45) is 0.820. The molecule has 0 spiro atoms. The first-order valence-electron chi connectivity index (χ1n) is 8.10. The van der Waals surface area contributed by atoms with Crippen LogP contribution in [0.4, 0.5) is 0 Å². The van der Waals surface area contributed by atoms with E-state index >= 15 is 0 Å². The van der Waals surface area contributed by atoms with Gasteiger partial charge in [0.05, 0.1) is 0 Å². The second kappa shape index (κ2) is 5.70. The molecule has 4 nitrogen and oxygen atoms in total. The third-order valence-electron chi connectivity index (χ3n) is 4.85. The molecule has 1 saturated heterocycles. The smallest absolute Gasteiger partial charge is 0.254 e. The molecular formula is C19H20N2O2. The second-order valence-electron chi connectivity index (χ2n) is 6.42. The van der Waals surface area contributed by atoms with Crippen LogP contribution in [0.15, 0.2) is 48.5 Å². The Labute approximate surface area is 136 Å². The molecule has 1 atom stereocenters. The van der Waals surface area contributed by atoms with Crippen molar-refractivity contribution in [2.45, 2.75) is 19.0 Å². The number of rotatable bonds is 2. The Bertz CT molecular complexity index is 729. The van der Waals surface area contributed by atoms with Crippen LogP contribution in [0, 0.1) is 0 Å². The maximum Gasteiger partial charge on any atom is 0.254 e. The van der Waals surface area contributed by atoms with E-state index in [9.17, 15) is 9.90 Å². The minimum absolute atomic E-state index is 0.107. The molecule has 1 amide bonds. The van der Waals surface area contributed by atoms with Crippen molar-refractivity contribution in [2.24, 2.45) is 0 Å². The first-order valence-corrected chi connectivity index (χ1v) is 8.10. The van der Waals surface area contributed by atoms with Gasteiger partial charge in [-0.15, -0.1) is 0 Å². The molecule has 2 aromatic carbocycles. The molecule has 2 aliphatic rings. The van der Waals surface area contributed by atoms with Crippen LogP contribution in [0.1, 0.15) is 21.5 Å². The van der Waals surface area contributed by atoms with Crippen LogP contribution < -0.4 is 0 Å². The fourth-order valence-electron chi connectivity index (χ4n) is 3.71. The van der Waals surface area contributed by atoms with Gasteiger partial charge in [-0.05, 0) is 35.7 Å². The summed E-state index contributed by atoms with van der Waals surface area (Å²) in [5, 5.41) is 9.68. The first-order chi connectivity index (χ1) is 11.2. The number of carbonyl (C=O) groups is 1. The molecule has 4 rings (SSSR count). The van der Waals surface area contributed by atoms with Crippen molar-refractivity contribution in [3.05, 3.63) is 65.2 Å². The fourth-order valence-corrected chi connectivity index (χ4v) is 3.71. The van der Waals surface area contributed by atoms with Crippen LogP contribution in [0.25, 0.3) is 0 Å². The van der Waals surface area contributed by atoms with Gasteiger partial charge in [0.1, 0.15) is 5.75 Å². The van der Waals surface area contributed by atoms with Gasteiger partial charge < -0.3 is 10.0 Å². The third kappa shape index (κ3) is 2.70. The third-order valence-corrected chi connectivity index (χ3v) is 4.85. The average Bonchev–Trinajstić information content (AvgIpc) is 2.55. The zero-order valence-corrected chi connectivity index (χ0v) is 13.0. The number of phenols is 1. The van der Waals surface area contributed by atoms with E-state index in [1.54, 1.807) is 18.2 Å². The second-order valence-corrected chi connectivity index (χ2v) is 6.42. The number of benzene rings is 2. The van der Waals surface area contributed by atoms with Crippen LogP contribution in [-0.4, -0.2) is 46.5 Å². The number of hydrogen-bond donors (Lipinski definition) is 1. The SMILES string of the molecule is O=C1c2ccc(O)cc2C[C@@H]2CN(Cc3ccccc3)CCN12. The Morgan fingerprint density at radius 2 is 1.91 bits per heavy atom. The molecule has 2 aliphatic heterocycles. The van der Waals surface area contributed by atoms with Gasteiger partial charge in [0.2, 0.25) is 0 Å². The van der Waals surface area contributed by atoms with Crippen LogP contribution in [0.3, 0.4) is 0 Å². The molecule has 0 unspecified atom stereocenters. The van der Waals surface area contributed by atoms with Gasteiger partial charge in [-0.1, -0.05) is 30.3 Å². The lowest BCUT2D eigenvalue weighted by atomic mass is 9.91. The summed E-state index contributed by atoms with van der Waals surface area (Å²) in [6, 6.07) is 15.7. The summed E-state index contributed by atoms with van der Waals surface area (Å²) in [4.78, 5) is 17.1. The van der Waals surface area contributed by atoms with E-state index in [-0.39, 0.29) is 17.7 Å². The predicted molar refractivity (Wildman–Crippen MR) is 88.4 cm³/mol. The number of hydrogen-bond acceptors (Lipinski definition) is 3. The Hall–Kier alpha value is -2.33. The largest absolute Gasteiger partial charge is 0.508 e. The van der Waals surface area contributed by atoms with E-state index in [0.29, 0.717) is 0 Å². The van der Waals surface area contributed by atoms with Gasteiger partial charge in [-0.25, -0.2) is 0 Å². The molecule has 118 valence electrons. The molecule has 0 aromatic heterocycles. The number of piperazine rings is 1. The van der Waals surface area contributed by atoms with Crippen LogP contribution in [-0.2, 0) is 13.0 Å². The quantitative estimate of drug-likeness (QED) is 0.925. The summed E-state index contributed by atoms with van der Waals surface area (Å²) in [7, 11) is 0. The van der Waals surface area contributed by atoms with Crippen molar-refractivity contribution in [1.82, 2.24) is 9.80 Å². The van der Waals surface area contributed by atoms with Crippen molar-refractivity contribution < 1.29 is 9.90 Å². The summed E-state index contributed by atoms with van der Waals surface area (Å²) >= 11 is 0. The topological polar surface area (TPSA) is 43.8 Å². The molecule has 0 saturated carbocycles. The van der Waals surface area contributed by atoms with Crippen LogP contribution in [0.2, 0.25) is 0 Å². The number of phenolic OH excluding ortho intramolecular Hbond substituents is 1. The Balaban J connectivity index is 1.53. The monoisotopic (exact) mass is 308 g/mol. The summed E-state index contributed by atoms with van der Waals surface area (Å²) in [6.45, 7) is 3.49.